The number of nitrogens with two attached hydrogens (primary N) is 1. The average molecular weight is 284 g/mol. The first kappa shape index (κ1) is 16.7. The lowest BCUT2D eigenvalue weighted by Gasteiger charge is -2.34. The van der Waals surface area contributed by atoms with E-state index in [0.717, 1.165) is 19.3 Å². The molecule has 4 N–H and O–H groups in total. The van der Waals surface area contributed by atoms with Gasteiger partial charge in [-0.1, -0.05) is 25.8 Å². The molecule has 1 aliphatic rings. The second kappa shape index (κ2) is 8.01. The van der Waals surface area contributed by atoms with Gasteiger partial charge < -0.3 is 20.9 Å². The highest BCUT2D eigenvalue weighted by molar-refractivity contribution is 5.87. The van der Waals surface area contributed by atoms with Crippen molar-refractivity contribution in [3.63, 3.8) is 0 Å². The Morgan fingerprint density at radius 1 is 1.50 bits per heavy atom. The fourth-order valence-electron chi connectivity index (χ4n) is 2.33. The lowest BCUT2D eigenvalue weighted by molar-refractivity contribution is -0.133. The monoisotopic (exact) mass is 284 g/mol. The minimum Gasteiger partial charge on any atom is -0.478 e. The number of ether oxygens (including phenoxy) is 1. The first-order valence-corrected chi connectivity index (χ1v) is 7.04. The number of unbranched alkanes of at least 4 members (excludes halogenated alkanes) is 2. The summed E-state index contributed by atoms with van der Waals surface area (Å²) in [5.41, 5.74) is 6.19. The van der Waals surface area contributed by atoms with Gasteiger partial charge in [0.15, 0.2) is 0 Å². The van der Waals surface area contributed by atoms with E-state index < -0.39 is 12.0 Å². The molecule has 1 amide bonds. The molecule has 1 rings (SSSR count). The lowest BCUT2D eigenvalue weighted by atomic mass is 9.88. The number of amides is 1. The summed E-state index contributed by atoms with van der Waals surface area (Å²) in [7, 11) is 0. The van der Waals surface area contributed by atoms with Gasteiger partial charge in [-0.25, -0.2) is 4.79 Å². The molecular weight excluding hydrogens is 260 g/mol. The zero-order valence-electron chi connectivity index (χ0n) is 12.1. The van der Waals surface area contributed by atoms with Crippen LogP contribution >= 0.6 is 0 Å². The molecule has 0 aliphatic heterocycles. The molecule has 114 valence electrons. The van der Waals surface area contributed by atoms with Crippen LogP contribution in [0.1, 0.15) is 39.5 Å². The number of carbonyl (C=O) groups is 2. The van der Waals surface area contributed by atoms with Crippen molar-refractivity contribution in [2.75, 3.05) is 6.61 Å². The average Bonchev–Trinajstić information content (AvgIpc) is 2.37. The van der Waals surface area contributed by atoms with Gasteiger partial charge in [0.05, 0.1) is 12.1 Å². The van der Waals surface area contributed by atoms with Crippen molar-refractivity contribution in [3.05, 3.63) is 11.6 Å². The highest BCUT2D eigenvalue weighted by Gasteiger charge is 2.34. The van der Waals surface area contributed by atoms with Gasteiger partial charge in [0, 0.05) is 31.6 Å². The van der Waals surface area contributed by atoms with Gasteiger partial charge in [-0.05, 0) is 6.42 Å². The molecule has 6 nitrogen and oxygen atoms in total. The number of aliphatic carboxylic acids is 1. The Kier molecular flexibility index (Phi) is 6.67. The molecule has 3 atom stereocenters. The maximum absolute atomic E-state index is 11.2. The van der Waals surface area contributed by atoms with Crippen LogP contribution in [0.25, 0.3) is 0 Å². The normalized spacial score (nSPS) is 25.9. The summed E-state index contributed by atoms with van der Waals surface area (Å²) in [6, 6.07) is -0.924. The third-order valence-corrected chi connectivity index (χ3v) is 3.35. The van der Waals surface area contributed by atoms with Gasteiger partial charge in [0.25, 0.3) is 0 Å². The van der Waals surface area contributed by atoms with Gasteiger partial charge in [-0.3, -0.25) is 4.79 Å². The molecule has 3 unspecified atom stereocenters. The van der Waals surface area contributed by atoms with E-state index in [2.05, 4.69) is 12.2 Å². The van der Waals surface area contributed by atoms with Crippen LogP contribution in [0.3, 0.4) is 0 Å². The number of rotatable bonds is 7. The Bertz CT molecular complexity index is 381. The molecule has 1 aliphatic carbocycles. The molecule has 6 heteroatoms. The standard InChI is InChI=1S/C14H24N2O4/c1-3-4-5-6-20-12-8-10(14(18)19)7-11(15)13(12)16-9(2)17/h7,11-13H,3-6,8,15H2,1-2H3,(H,16,17)(H,18,19). The summed E-state index contributed by atoms with van der Waals surface area (Å²) in [6.07, 6.45) is 4.44. The summed E-state index contributed by atoms with van der Waals surface area (Å²) in [6.45, 7) is 4.06. The first-order valence-electron chi connectivity index (χ1n) is 7.04. The zero-order valence-corrected chi connectivity index (χ0v) is 12.1. The predicted molar refractivity (Wildman–Crippen MR) is 75.2 cm³/mol. The summed E-state index contributed by atoms with van der Waals surface area (Å²) in [5, 5.41) is 11.8. The largest absolute Gasteiger partial charge is 0.478 e. The van der Waals surface area contributed by atoms with Crippen molar-refractivity contribution in [2.24, 2.45) is 5.73 Å². The van der Waals surface area contributed by atoms with Crippen LogP contribution < -0.4 is 11.1 Å². The van der Waals surface area contributed by atoms with E-state index in [1.807, 2.05) is 0 Å². The van der Waals surface area contributed by atoms with E-state index in [1.54, 1.807) is 0 Å². The number of carboxylic acids is 1. The van der Waals surface area contributed by atoms with Crippen LogP contribution in [-0.2, 0) is 14.3 Å². The van der Waals surface area contributed by atoms with Crippen molar-refractivity contribution in [2.45, 2.75) is 57.7 Å². The van der Waals surface area contributed by atoms with Crippen LogP contribution in [-0.4, -0.2) is 41.8 Å². The molecule has 0 aromatic heterocycles. The molecule has 0 saturated carbocycles. The van der Waals surface area contributed by atoms with Crippen molar-refractivity contribution in [1.29, 1.82) is 0 Å². The minimum absolute atomic E-state index is 0.195. The highest BCUT2D eigenvalue weighted by Crippen LogP contribution is 2.22. The molecule has 0 saturated heterocycles. The third kappa shape index (κ3) is 4.94. The Balaban J connectivity index is 2.71. The Morgan fingerprint density at radius 3 is 2.75 bits per heavy atom. The number of carboxylic acid groups (broad SMARTS) is 1. The Hall–Kier alpha value is -1.40. The number of hydrogen-bond donors (Lipinski definition) is 3. The fraction of sp³-hybridized carbons (Fsp3) is 0.714. The topological polar surface area (TPSA) is 102 Å². The highest BCUT2D eigenvalue weighted by atomic mass is 16.5. The van der Waals surface area contributed by atoms with Crippen LogP contribution in [0.15, 0.2) is 11.6 Å². The molecule has 0 radical (unpaired) electrons. The minimum atomic E-state index is -0.983. The maximum atomic E-state index is 11.2. The Morgan fingerprint density at radius 2 is 2.20 bits per heavy atom. The van der Waals surface area contributed by atoms with E-state index in [1.165, 1.54) is 13.0 Å². The number of hydrogen-bond acceptors (Lipinski definition) is 4. The smallest absolute Gasteiger partial charge is 0.331 e. The van der Waals surface area contributed by atoms with Gasteiger partial charge in [-0.15, -0.1) is 0 Å². The summed E-state index contributed by atoms with van der Waals surface area (Å²) < 4.78 is 5.75. The van der Waals surface area contributed by atoms with Crippen LogP contribution in [0.5, 0.6) is 0 Å². The first-order chi connectivity index (χ1) is 9.45. The van der Waals surface area contributed by atoms with E-state index in [-0.39, 0.29) is 30.0 Å². The molecular formula is C14H24N2O4. The van der Waals surface area contributed by atoms with Crippen LogP contribution in [0.2, 0.25) is 0 Å². The lowest BCUT2D eigenvalue weighted by Crippen LogP contribution is -2.56. The van der Waals surface area contributed by atoms with Crippen LogP contribution in [0.4, 0.5) is 0 Å². The Labute approximate surface area is 119 Å². The van der Waals surface area contributed by atoms with E-state index in [4.69, 9.17) is 15.6 Å². The fourth-order valence-corrected chi connectivity index (χ4v) is 2.33. The van der Waals surface area contributed by atoms with Crippen molar-refractivity contribution < 1.29 is 19.4 Å². The van der Waals surface area contributed by atoms with Crippen molar-refractivity contribution in [1.82, 2.24) is 5.32 Å². The van der Waals surface area contributed by atoms with Gasteiger partial charge in [0.2, 0.25) is 5.91 Å². The third-order valence-electron chi connectivity index (χ3n) is 3.35. The molecule has 0 aromatic carbocycles. The van der Waals surface area contributed by atoms with E-state index >= 15 is 0 Å². The van der Waals surface area contributed by atoms with E-state index in [0.29, 0.717) is 6.61 Å². The zero-order chi connectivity index (χ0) is 15.1. The second-order valence-corrected chi connectivity index (χ2v) is 5.12. The predicted octanol–water partition coefficient (Wildman–Crippen LogP) is 0.809. The molecule has 0 heterocycles. The number of nitrogens with one attached hydrogen (secondary N) is 1. The number of carbonyl (C=O) groups excluding carboxylic acids is 1. The second-order valence-electron chi connectivity index (χ2n) is 5.12. The molecule has 0 bridgehead atoms. The van der Waals surface area contributed by atoms with E-state index in [9.17, 15) is 9.59 Å². The maximum Gasteiger partial charge on any atom is 0.331 e. The summed E-state index contributed by atoms with van der Waals surface area (Å²) in [5.74, 6) is -1.18. The van der Waals surface area contributed by atoms with Gasteiger partial charge in [-0.2, -0.15) is 0 Å². The van der Waals surface area contributed by atoms with Crippen molar-refractivity contribution >= 4 is 11.9 Å². The molecule has 0 fully saturated rings. The summed E-state index contributed by atoms with van der Waals surface area (Å²) >= 11 is 0. The van der Waals surface area contributed by atoms with Crippen LogP contribution in [0, 0.1) is 0 Å². The molecule has 0 spiro atoms. The molecule has 0 aromatic rings. The quantitative estimate of drug-likeness (QED) is 0.600. The van der Waals surface area contributed by atoms with Gasteiger partial charge in [0.1, 0.15) is 0 Å². The summed E-state index contributed by atoms with van der Waals surface area (Å²) in [4.78, 5) is 22.3. The SMILES string of the molecule is CCCCCOC1CC(C(=O)O)=CC(N)C1NC(C)=O. The molecule has 20 heavy (non-hydrogen) atoms. The van der Waals surface area contributed by atoms with Crippen molar-refractivity contribution in [3.8, 4) is 0 Å². The van der Waals surface area contributed by atoms with Gasteiger partial charge >= 0.3 is 5.97 Å².